The van der Waals surface area contributed by atoms with E-state index in [0.29, 0.717) is 18.9 Å². The third kappa shape index (κ3) is 3.22. The van der Waals surface area contributed by atoms with E-state index in [1.54, 1.807) is 11.0 Å². The van der Waals surface area contributed by atoms with Crippen molar-refractivity contribution >= 4 is 23.2 Å². The fourth-order valence-corrected chi connectivity index (χ4v) is 3.64. The fraction of sp³-hybridized carbons (Fsp3) is 0.368. The molecule has 0 spiro atoms. The van der Waals surface area contributed by atoms with E-state index in [0.717, 1.165) is 30.9 Å². The van der Waals surface area contributed by atoms with Crippen molar-refractivity contribution in [3.63, 3.8) is 0 Å². The van der Waals surface area contributed by atoms with Crippen molar-refractivity contribution in [2.75, 3.05) is 43.0 Å². The van der Waals surface area contributed by atoms with E-state index < -0.39 is 0 Å². The van der Waals surface area contributed by atoms with Crippen LogP contribution in [-0.2, 0) is 0 Å². The molecule has 2 aliphatic heterocycles. The van der Waals surface area contributed by atoms with Crippen molar-refractivity contribution in [3.8, 4) is 0 Å². The number of likely N-dealkylation sites (tertiary alicyclic amines) is 1. The lowest BCUT2D eigenvalue weighted by molar-refractivity contribution is 0.242. The number of urea groups is 1. The number of halogens is 1. The average Bonchev–Trinajstić information content (AvgIpc) is 3.06. The number of hydrogen-bond donors (Lipinski definition) is 1. The number of hydrogen-bond acceptors (Lipinski definition) is 4. The predicted molar refractivity (Wildman–Crippen MR) is 99.4 cm³/mol. The summed E-state index contributed by atoms with van der Waals surface area (Å²) in [7, 11) is 2.07. The summed E-state index contributed by atoms with van der Waals surface area (Å²) >= 11 is 0. The number of benzene rings is 1. The highest BCUT2D eigenvalue weighted by Crippen LogP contribution is 2.36. The topological polar surface area (TPSA) is 51.7 Å². The number of carbonyl (C=O) groups is 1. The van der Waals surface area contributed by atoms with Crippen LogP contribution in [0.5, 0.6) is 0 Å². The first-order valence-electron chi connectivity index (χ1n) is 8.86. The third-order valence-electron chi connectivity index (χ3n) is 4.96. The molecule has 1 fully saturated rings. The van der Waals surface area contributed by atoms with Gasteiger partial charge in [0.2, 0.25) is 0 Å². The molecule has 7 heteroatoms. The normalized spacial score (nSPS) is 20.2. The minimum atomic E-state index is -0.360. The maximum atomic E-state index is 13.2. The fourth-order valence-electron chi connectivity index (χ4n) is 3.64. The zero-order valence-electron chi connectivity index (χ0n) is 14.7. The molecule has 0 aliphatic carbocycles. The van der Waals surface area contributed by atoms with Gasteiger partial charge in [-0.2, -0.15) is 0 Å². The molecule has 4 rings (SSSR count). The van der Waals surface area contributed by atoms with Crippen molar-refractivity contribution < 1.29 is 9.18 Å². The zero-order valence-corrected chi connectivity index (χ0v) is 14.7. The second-order valence-electron chi connectivity index (χ2n) is 6.82. The van der Waals surface area contributed by atoms with Crippen LogP contribution >= 0.6 is 0 Å². The van der Waals surface area contributed by atoms with E-state index in [4.69, 9.17) is 0 Å². The SMILES string of the molecule is CN1CC[C@@H](NC(=O)N2CCN(c3ccc(F)cn3)c3ccccc32)C1. The van der Waals surface area contributed by atoms with Crippen molar-refractivity contribution in [3.05, 3.63) is 48.4 Å². The second kappa shape index (κ2) is 6.92. The molecule has 0 unspecified atom stereocenters. The number of likely N-dealkylation sites (N-methyl/N-ethyl adjacent to an activating group) is 1. The second-order valence-corrected chi connectivity index (χ2v) is 6.82. The van der Waals surface area contributed by atoms with E-state index in [1.165, 1.54) is 12.3 Å². The summed E-state index contributed by atoms with van der Waals surface area (Å²) in [6.45, 7) is 3.04. The Kier molecular flexibility index (Phi) is 4.46. The molecule has 136 valence electrons. The van der Waals surface area contributed by atoms with Gasteiger partial charge in [0, 0.05) is 25.7 Å². The van der Waals surface area contributed by atoms with Gasteiger partial charge in [0.15, 0.2) is 0 Å². The summed E-state index contributed by atoms with van der Waals surface area (Å²) in [5.74, 6) is 0.318. The number of anilines is 3. The number of fused-ring (bicyclic) bond motifs is 1. The number of pyridine rings is 1. The van der Waals surface area contributed by atoms with Crippen LogP contribution in [0.4, 0.5) is 26.4 Å². The Bertz CT molecular complexity index is 797. The average molecular weight is 355 g/mol. The molecule has 2 amide bonds. The molecule has 0 radical (unpaired) electrons. The minimum Gasteiger partial charge on any atom is -0.334 e. The highest BCUT2D eigenvalue weighted by molar-refractivity contribution is 5.97. The monoisotopic (exact) mass is 355 g/mol. The molecule has 1 saturated heterocycles. The molecule has 1 N–H and O–H groups in total. The molecule has 3 heterocycles. The van der Waals surface area contributed by atoms with E-state index >= 15 is 0 Å². The van der Waals surface area contributed by atoms with Crippen LogP contribution in [0.1, 0.15) is 6.42 Å². The Hall–Kier alpha value is -2.67. The van der Waals surface area contributed by atoms with E-state index in [2.05, 4.69) is 22.2 Å². The standard InChI is InChI=1S/C19H22FN5O/c1-23-9-8-15(13-23)22-19(26)25-11-10-24(16-4-2-3-5-17(16)25)18-7-6-14(20)12-21-18/h2-7,12,15H,8-11,13H2,1H3,(H,22,26)/t15-/m1/s1. The third-order valence-corrected chi connectivity index (χ3v) is 4.96. The number of aromatic nitrogens is 1. The Morgan fingerprint density at radius 1 is 1.15 bits per heavy atom. The molecular weight excluding hydrogens is 333 g/mol. The molecule has 1 aromatic heterocycles. The van der Waals surface area contributed by atoms with Gasteiger partial charge >= 0.3 is 6.03 Å². The maximum Gasteiger partial charge on any atom is 0.322 e. The van der Waals surface area contributed by atoms with Gasteiger partial charge in [-0.15, -0.1) is 0 Å². The number of para-hydroxylation sites is 2. The van der Waals surface area contributed by atoms with Crippen LogP contribution in [0.3, 0.4) is 0 Å². The van der Waals surface area contributed by atoms with Gasteiger partial charge in [0.25, 0.3) is 0 Å². The van der Waals surface area contributed by atoms with Crippen LogP contribution in [-0.4, -0.2) is 55.2 Å². The summed E-state index contributed by atoms with van der Waals surface area (Å²) in [6, 6.07) is 10.9. The van der Waals surface area contributed by atoms with Gasteiger partial charge in [-0.25, -0.2) is 14.2 Å². The van der Waals surface area contributed by atoms with E-state index in [-0.39, 0.29) is 17.9 Å². The van der Waals surface area contributed by atoms with Crippen LogP contribution in [0.25, 0.3) is 0 Å². The molecular formula is C19H22FN5O. The molecule has 6 nitrogen and oxygen atoms in total. The van der Waals surface area contributed by atoms with Gasteiger partial charge < -0.3 is 15.1 Å². The van der Waals surface area contributed by atoms with Crippen LogP contribution in [0.15, 0.2) is 42.6 Å². The Morgan fingerprint density at radius 2 is 1.96 bits per heavy atom. The Morgan fingerprint density at radius 3 is 2.65 bits per heavy atom. The number of carbonyl (C=O) groups excluding carboxylic acids is 1. The quantitative estimate of drug-likeness (QED) is 0.900. The first-order chi connectivity index (χ1) is 12.6. The number of nitrogens with one attached hydrogen (secondary N) is 1. The highest BCUT2D eigenvalue weighted by atomic mass is 19.1. The lowest BCUT2D eigenvalue weighted by Crippen LogP contribution is -2.50. The number of amides is 2. The summed E-state index contributed by atoms with van der Waals surface area (Å²) < 4.78 is 13.2. The molecule has 0 saturated carbocycles. The molecule has 2 aromatic rings. The van der Waals surface area contributed by atoms with Crippen LogP contribution < -0.4 is 15.1 Å². The summed E-state index contributed by atoms with van der Waals surface area (Å²) in [4.78, 5) is 23.0. The summed E-state index contributed by atoms with van der Waals surface area (Å²) in [5, 5.41) is 3.14. The molecule has 1 atom stereocenters. The van der Waals surface area contributed by atoms with Gasteiger partial charge in [0.05, 0.1) is 17.6 Å². The Balaban J connectivity index is 1.57. The first kappa shape index (κ1) is 16.8. The van der Waals surface area contributed by atoms with E-state index in [9.17, 15) is 9.18 Å². The minimum absolute atomic E-state index is 0.0653. The molecule has 1 aromatic carbocycles. The van der Waals surface area contributed by atoms with Gasteiger partial charge in [0.1, 0.15) is 11.6 Å². The van der Waals surface area contributed by atoms with Gasteiger partial charge in [-0.3, -0.25) is 4.90 Å². The maximum absolute atomic E-state index is 13.2. The summed E-state index contributed by atoms with van der Waals surface area (Å²) in [6.07, 6.45) is 2.19. The largest absolute Gasteiger partial charge is 0.334 e. The lowest BCUT2D eigenvalue weighted by atomic mass is 10.1. The highest BCUT2D eigenvalue weighted by Gasteiger charge is 2.30. The summed E-state index contributed by atoms with van der Waals surface area (Å²) in [5.41, 5.74) is 1.74. The Labute approximate surface area is 152 Å². The smallest absolute Gasteiger partial charge is 0.322 e. The lowest BCUT2D eigenvalue weighted by Gasteiger charge is -2.37. The number of nitrogens with zero attached hydrogens (tertiary/aromatic N) is 4. The van der Waals surface area contributed by atoms with E-state index in [1.807, 2.05) is 29.2 Å². The van der Waals surface area contributed by atoms with Crippen molar-refractivity contribution in [1.82, 2.24) is 15.2 Å². The van der Waals surface area contributed by atoms with Crippen molar-refractivity contribution in [2.24, 2.45) is 0 Å². The van der Waals surface area contributed by atoms with Crippen LogP contribution in [0, 0.1) is 5.82 Å². The predicted octanol–water partition coefficient (Wildman–Crippen LogP) is 2.59. The van der Waals surface area contributed by atoms with Crippen molar-refractivity contribution in [1.29, 1.82) is 0 Å². The number of rotatable bonds is 2. The molecule has 26 heavy (non-hydrogen) atoms. The first-order valence-corrected chi connectivity index (χ1v) is 8.86. The van der Waals surface area contributed by atoms with Crippen LogP contribution in [0.2, 0.25) is 0 Å². The van der Waals surface area contributed by atoms with Gasteiger partial charge in [-0.05, 0) is 44.3 Å². The van der Waals surface area contributed by atoms with Gasteiger partial charge in [-0.1, -0.05) is 12.1 Å². The zero-order chi connectivity index (χ0) is 18.1. The molecule has 2 aliphatic rings. The van der Waals surface area contributed by atoms with Crippen molar-refractivity contribution in [2.45, 2.75) is 12.5 Å². The molecule has 0 bridgehead atoms.